The van der Waals surface area contributed by atoms with E-state index in [1.165, 1.54) is 0 Å². The molecule has 2 rings (SSSR count). The first-order valence-corrected chi connectivity index (χ1v) is 6.09. The lowest BCUT2D eigenvalue weighted by Gasteiger charge is -2.21. The number of nitro benzene ring substituents is 1. The Kier molecular flexibility index (Phi) is 4.10. The monoisotopic (exact) mass is 299 g/mol. The number of hydrogen-bond acceptors (Lipinski definition) is 4. The third-order valence-corrected chi connectivity index (χ3v) is 3.12. The number of benzene rings is 1. The number of nitrogens with one attached hydrogen (secondary N) is 2. The highest BCUT2D eigenvalue weighted by atomic mass is 19.1. The van der Waals surface area contributed by atoms with Gasteiger partial charge in [0.1, 0.15) is 5.82 Å². The van der Waals surface area contributed by atoms with Crippen LogP contribution in [0.1, 0.15) is 12.8 Å². The quantitative estimate of drug-likeness (QED) is 0.649. The van der Waals surface area contributed by atoms with Gasteiger partial charge in [-0.1, -0.05) is 0 Å². The van der Waals surface area contributed by atoms with Crippen LogP contribution < -0.4 is 10.6 Å². The fourth-order valence-corrected chi connectivity index (χ4v) is 2.01. The molecule has 112 valence electrons. The molecule has 1 saturated heterocycles. The summed E-state index contributed by atoms with van der Waals surface area (Å²) in [7, 11) is 0. The van der Waals surface area contributed by atoms with Crippen LogP contribution >= 0.6 is 0 Å². The van der Waals surface area contributed by atoms with Gasteiger partial charge >= 0.3 is 0 Å². The van der Waals surface area contributed by atoms with Crippen molar-refractivity contribution in [2.45, 2.75) is 12.8 Å². The normalized spacial score (nSPS) is 18.0. The lowest BCUT2D eigenvalue weighted by Crippen LogP contribution is -2.40. The van der Waals surface area contributed by atoms with E-state index in [0.717, 1.165) is 0 Å². The van der Waals surface area contributed by atoms with E-state index in [2.05, 4.69) is 10.6 Å². The molecule has 0 radical (unpaired) electrons. The lowest BCUT2D eigenvalue weighted by molar-refractivity contribution is -0.384. The molecule has 2 N–H and O–H groups in total. The maximum atomic E-state index is 13.6. The van der Waals surface area contributed by atoms with E-state index >= 15 is 0 Å². The highest BCUT2D eigenvalue weighted by Crippen LogP contribution is 2.29. The molecule has 1 aliphatic heterocycles. The van der Waals surface area contributed by atoms with Gasteiger partial charge < -0.3 is 10.6 Å². The van der Waals surface area contributed by atoms with Gasteiger partial charge in [0.25, 0.3) is 5.69 Å². The fraction of sp³-hybridized carbons (Fsp3) is 0.333. The average Bonchev–Trinajstić information content (AvgIpc) is 2.41. The van der Waals surface area contributed by atoms with Crippen LogP contribution in [0.2, 0.25) is 0 Å². The molecule has 7 nitrogen and oxygen atoms in total. The zero-order valence-electron chi connectivity index (χ0n) is 10.7. The van der Waals surface area contributed by atoms with Crippen LogP contribution in [0.4, 0.5) is 20.2 Å². The Bertz CT molecular complexity index is 611. The van der Waals surface area contributed by atoms with Crippen molar-refractivity contribution in [2.24, 2.45) is 5.92 Å². The predicted octanol–water partition coefficient (Wildman–Crippen LogP) is 1.34. The zero-order valence-corrected chi connectivity index (χ0v) is 10.7. The van der Waals surface area contributed by atoms with Crippen LogP contribution in [0.3, 0.4) is 0 Å². The summed E-state index contributed by atoms with van der Waals surface area (Å²) in [5.41, 5.74) is -1.54. The second-order valence-electron chi connectivity index (χ2n) is 4.57. The molecule has 1 aromatic carbocycles. The first-order valence-electron chi connectivity index (χ1n) is 6.09. The van der Waals surface area contributed by atoms with E-state index in [-0.39, 0.29) is 25.3 Å². The minimum absolute atomic E-state index is 0.0707. The molecule has 1 atom stereocenters. The van der Waals surface area contributed by atoms with Gasteiger partial charge in [-0.2, -0.15) is 0 Å². The molecular formula is C12H11F2N3O4. The molecular weight excluding hydrogens is 288 g/mol. The third kappa shape index (κ3) is 3.30. The number of nitro groups is 1. The second kappa shape index (κ2) is 5.81. The molecule has 21 heavy (non-hydrogen) atoms. The van der Waals surface area contributed by atoms with Crippen LogP contribution in [-0.4, -0.2) is 23.3 Å². The van der Waals surface area contributed by atoms with E-state index in [9.17, 15) is 28.5 Å². The van der Waals surface area contributed by atoms with Gasteiger partial charge in [0.2, 0.25) is 11.8 Å². The van der Waals surface area contributed by atoms with Crippen LogP contribution in [-0.2, 0) is 9.59 Å². The largest absolute Gasteiger partial charge is 0.355 e. The predicted molar refractivity (Wildman–Crippen MR) is 67.4 cm³/mol. The Morgan fingerprint density at radius 2 is 2.14 bits per heavy atom. The number of carbonyl (C=O) groups excluding carboxylic acids is 2. The second-order valence-corrected chi connectivity index (χ2v) is 4.57. The van der Waals surface area contributed by atoms with E-state index in [1.807, 2.05) is 0 Å². The van der Waals surface area contributed by atoms with E-state index in [1.54, 1.807) is 0 Å². The summed E-state index contributed by atoms with van der Waals surface area (Å²) in [6.07, 6.45) is 0.403. The van der Waals surface area contributed by atoms with Crippen molar-refractivity contribution in [3.63, 3.8) is 0 Å². The minimum Gasteiger partial charge on any atom is -0.355 e. The highest BCUT2D eigenvalue weighted by molar-refractivity contribution is 5.96. The lowest BCUT2D eigenvalue weighted by atomic mass is 9.98. The molecule has 1 aromatic rings. The average molecular weight is 299 g/mol. The van der Waals surface area contributed by atoms with Crippen molar-refractivity contribution < 1.29 is 23.3 Å². The van der Waals surface area contributed by atoms with Crippen molar-refractivity contribution in [3.05, 3.63) is 33.9 Å². The number of halogens is 2. The molecule has 0 saturated carbocycles. The number of hydrogen-bond donors (Lipinski definition) is 2. The van der Waals surface area contributed by atoms with Gasteiger partial charge in [-0.15, -0.1) is 0 Å². The Hall–Kier alpha value is -2.58. The van der Waals surface area contributed by atoms with E-state index < -0.39 is 39.8 Å². The van der Waals surface area contributed by atoms with Crippen LogP contribution in [0.15, 0.2) is 12.1 Å². The van der Waals surface area contributed by atoms with Gasteiger partial charge in [0, 0.05) is 19.0 Å². The molecule has 1 heterocycles. The molecule has 0 aromatic heterocycles. The fourth-order valence-electron chi connectivity index (χ4n) is 2.01. The molecule has 1 fully saturated rings. The van der Waals surface area contributed by atoms with Crippen molar-refractivity contribution >= 4 is 23.2 Å². The number of anilines is 1. The Balaban J connectivity index is 2.21. The summed E-state index contributed by atoms with van der Waals surface area (Å²) < 4.78 is 26.6. The van der Waals surface area contributed by atoms with Gasteiger partial charge in [0.05, 0.1) is 16.9 Å². The SMILES string of the molecule is O=C1CCC(C(=O)Nc2c(F)cc(F)cc2[N+](=O)[O-])CN1. The molecule has 2 amide bonds. The van der Waals surface area contributed by atoms with Crippen LogP contribution in [0.25, 0.3) is 0 Å². The van der Waals surface area contributed by atoms with Gasteiger partial charge in [-0.25, -0.2) is 8.78 Å². The minimum atomic E-state index is -1.23. The molecule has 0 aliphatic carbocycles. The molecule has 1 aliphatic rings. The number of rotatable bonds is 3. The third-order valence-electron chi connectivity index (χ3n) is 3.12. The Morgan fingerprint density at radius 1 is 1.43 bits per heavy atom. The summed E-state index contributed by atoms with van der Waals surface area (Å²) >= 11 is 0. The van der Waals surface area contributed by atoms with E-state index in [4.69, 9.17) is 0 Å². The van der Waals surface area contributed by atoms with Crippen molar-refractivity contribution in [2.75, 3.05) is 11.9 Å². The summed E-state index contributed by atoms with van der Waals surface area (Å²) in [6.45, 7) is 0.0707. The first-order chi connectivity index (χ1) is 9.88. The number of amides is 2. The smallest absolute Gasteiger partial charge is 0.298 e. The van der Waals surface area contributed by atoms with Crippen molar-refractivity contribution in [1.82, 2.24) is 5.32 Å². The van der Waals surface area contributed by atoms with Gasteiger partial charge in [0.15, 0.2) is 11.5 Å². The molecule has 0 spiro atoms. The van der Waals surface area contributed by atoms with Gasteiger partial charge in [-0.05, 0) is 6.42 Å². The summed E-state index contributed by atoms with van der Waals surface area (Å²) in [5.74, 6) is -3.81. The first kappa shape index (κ1) is 14.8. The van der Waals surface area contributed by atoms with Gasteiger partial charge in [-0.3, -0.25) is 19.7 Å². The molecule has 9 heteroatoms. The number of nitrogens with zero attached hydrogens (tertiary/aromatic N) is 1. The zero-order chi connectivity index (χ0) is 15.6. The van der Waals surface area contributed by atoms with E-state index in [0.29, 0.717) is 12.1 Å². The number of piperidine rings is 1. The van der Waals surface area contributed by atoms with Crippen molar-refractivity contribution in [3.8, 4) is 0 Å². The summed E-state index contributed by atoms with van der Waals surface area (Å²) in [5, 5.41) is 15.4. The molecule has 0 bridgehead atoms. The maximum absolute atomic E-state index is 13.6. The highest BCUT2D eigenvalue weighted by Gasteiger charge is 2.28. The van der Waals surface area contributed by atoms with Crippen molar-refractivity contribution in [1.29, 1.82) is 0 Å². The maximum Gasteiger partial charge on any atom is 0.298 e. The summed E-state index contributed by atoms with van der Waals surface area (Å²) in [6, 6.07) is 0.979. The number of carbonyl (C=O) groups is 2. The standard InChI is InChI=1S/C12H11F2N3O4/c13-7-3-8(14)11(9(4-7)17(20)21)16-12(19)6-1-2-10(18)15-5-6/h3-4,6H,1-2,5H2,(H,15,18)(H,16,19). The van der Waals surface area contributed by atoms with Crippen LogP contribution in [0, 0.1) is 27.7 Å². The topological polar surface area (TPSA) is 101 Å². The molecule has 1 unspecified atom stereocenters. The van der Waals surface area contributed by atoms with Crippen LogP contribution in [0.5, 0.6) is 0 Å². The summed E-state index contributed by atoms with van der Waals surface area (Å²) in [4.78, 5) is 32.7. The Morgan fingerprint density at radius 3 is 2.71 bits per heavy atom. The Labute approximate surface area is 117 Å².